The van der Waals surface area contributed by atoms with Gasteiger partial charge in [-0.25, -0.2) is 4.98 Å². The molecule has 4 aromatic rings. The fourth-order valence-electron chi connectivity index (χ4n) is 5.30. The average molecular weight is 497 g/mol. The Bertz CT molecular complexity index is 1360. The first-order valence-electron chi connectivity index (χ1n) is 13.2. The molecule has 6 nitrogen and oxygen atoms in total. The van der Waals surface area contributed by atoms with E-state index in [1.807, 2.05) is 36.4 Å². The number of aromatic nitrogens is 2. The van der Waals surface area contributed by atoms with Crippen molar-refractivity contribution in [3.05, 3.63) is 89.7 Å². The third-order valence-electron chi connectivity index (χ3n) is 7.32. The number of rotatable bonds is 8. The molecule has 1 fully saturated rings. The molecule has 0 bridgehead atoms. The topological polar surface area (TPSA) is 59.4 Å². The zero-order chi connectivity index (χ0) is 25.8. The third kappa shape index (κ3) is 5.70. The number of imidazole rings is 1. The highest BCUT2D eigenvalue weighted by atomic mass is 16.5. The summed E-state index contributed by atoms with van der Waals surface area (Å²) in [6, 6.07) is 24.6. The number of nitrogens with zero attached hydrogens (tertiary/aromatic N) is 3. The number of nitrogens with one attached hydrogen (secondary N) is 1. The number of piperidine rings is 1. The number of ether oxygens (including phenoxy) is 1. The molecule has 0 spiro atoms. The lowest BCUT2D eigenvalue weighted by molar-refractivity contribution is -0.121. The molecule has 3 aromatic carbocycles. The molecule has 1 saturated heterocycles. The smallest absolute Gasteiger partial charge is 0.228 e. The van der Waals surface area contributed by atoms with E-state index in [-0.39, 0.29) is 11.8 Å². The molecule has 1 amide bonds. The van der Waals surface area contributed by atoms with Crippen LogP contribution in [-0.4, -0.2) is 40.6 Å². The number of benzene rings is 3. The first-order valence-corrected chi connectivity index (χ1v) is 13.2. The van der Waals surface area contributed by atoms with Crippen LogP contribution in [-0.2, 0) is 17.9 Å². The summed E-state index contributed by atoms with van der Waals surface area (Å²) in [5.74, 6) is 2.33. The van der Waals surface area contributed by atoms with Gasteiger partial charge < -0.3 is 14.6 Å². The first-order chi connectivity index (χ1) is 18.0. The number of likely N-dealkylation sites (tertiary alicyclic amines) is 1. The van der Waals surface area contributed by atoms with Crippen LogP contribution >= 0.6 is 0 Å². The van der Waals surface area contributed by atoms with E-state index in [2.05, 4.69) is 65.0 Å². The van der Waals surface area contributed by atoms with Crippen molar-refractivity contribution >= 4 is 22.6 Å². The highest BCUT2D eigenvalue weighted by Gasteiger charge is 2.27. The normalized spacial score (nSPS) is 16.3. The number of hydrogen-bond acceptors (Lipinski definition) is 4. The highest BCUT2D eigenvalue weighted by Crippen LogP contribution is 2.27. The molecule has 37 heavy (non-hydrogen) atoms. The zero-order valence-electron chi connectivity index (χ0n) is 22.0. The van der Waals surface area contributed by atoms with Crippen LogP contribution in [0.3, 0.4) is 0 Å². The van der Waals surface area contributed by atoms with Gasteiger partial charge in [0.05, 0.1) is 30.6 Å². The highest BCUT2D eigenvalue weighted by molar-refractivity contribution is 5.93. The molecule has 1 atom stereocenters. The van der Waals surface area contributed by atoms with Gasteiger partial charge >= 0.3 is 0 Å². The van der Waals surface area contributed by atoms with Crippen LogP contribution in [0.2, 0.25) is 0 Å². The lowest BCUT2D eigenvalue weighted by Gasteiger charge is -2.32. The molecule has 1 N–H and O–H groups in total. The standard InChI is InChI=1S/C31H36N4O2/c1-22(2)26-10-4-5-11-27(26)33-31(36)24-9-8-18-34(20-24)21-30-32-28-12-6-7-13-29(28)35(30)19-23-14-16-25(37-3)17-15-23/h4-7,10-17,22,24H,8-9,18-21H2,1-3H3,(H,33,36)/t24-/m0/s1. The minimum Gasteiger partial charge on any atom is -0.497 e. The molecule has 6 heteroatoms. The summed E-state index contributed by atoms with van der Waals surface area (Å²) >= 11 is 0. The Morgan fingerprint density at radius 1 is 1.03 bits per heavy atom. The largest absolute Gasteiger partial charge is 0.497 e. The van der Waals surface area contributed by atoms with E-state index in [0.717, 1.165) is 67.3 Å². The number of hydrogen-bond donors (Lipinski definition) is 1. The van der Waals surface area contributed by atoms with Crippen LogP contribution in [0.25, 0.3) is 11.0 Å². The van der Waals surface area contributed by atoms with Gasteiger partial charge in [0.25, 0.3) is 0 Å². The number of amides is 1. The van der Waals surface area contributed by atoms with Gasteiger partial charge in [-0.3, -0.25) is 9.69 Å². The van der Waals surface area contributed by atoms with Crippen LogP contribution in [0, 0.1) is 5.92 Å². The van der Waals surface area contributed by atoms with Crippen molar-refractivity contribution in [2.45, 2.75) is 45.7 Å². The number of methoxy groups -OCH3 is 1. The van der Waals surface area contributed by atoms with Gasteiger partial charge in [0.15, 0.2) is 0 Å². The molecule has 0 unspecified atom stereocenters. The molecular weight excluding hydrogens is 460 g/mol. The second-order valence-corrected chi connectivity index (χ2v) is 10.3. The number of anilines is 1. The van der Waals surface area contributed by atoms with Gasteiger partial charge in [-0.1, -0.05) is 56.3 Å². The molecular formula is C31H36N4O2. The van der Waals surface area contributed by atoms with Gasteiger partial charge in [-0.2, -0.15) is 0 Å². The van der Waals surface area contributed by atoms with Crippen molar-refractivity contribution in [2.75, 3.05) is 25.5 Å². The van der Waals surface area contributed by atoms with E-state index in [1.54, 1.807) is 7.11 Å². The van der Waals surface area contributed by atoms with Gasteiger partial charge in [-0.15, -0.1) is 0 Å². The lowest BCUT2D eigenvalue weighted by atomic mass is 9.96. The van der Waals surface area contributed by atoms with Crippen LogP contribution in [0.4, 0.5) is 5.69 Å². The van der Waals surface area contributed by atoms with Crippen LogP contribution in [0.1, 0.15) is 49.6 Å². The minimum atomic E-state index is -0.0339. The maximum absolute atomic E-state index is 13.3. The van der Waals surface area contributed by atoms with Crippen LogP contribution in [0.5, 0.6) is 5.75 Å². The Morgan fingerprint density at radius 2 is 1.78 bits per heavy atom. The Morgan fingerprint density at radius 3 is 2.57 bits per heavy atom. The molecule has 192 valence electrons. The van der Waals surface area contributed by atoms with Crippen molar-refractivity contribution in [3.8, 4) is 5.75 Å². The Kier molecular flexibility index (Phi) is 7.56. The number of para-hydroxylation sites is 3. The van der Waals surface area contributed by atoms with E-state index in [9.17, 15) is 4.79 Å². The fourth-order valence-corrected chi connectivity index (χ4v) is 5.30. The quantitative estimate of drug-likeness (QED) is 0.322. The summed E-state index contributed by atoms with van der Waals surface area (Å²) in [5.41, 5.74) is 5.44. The van der Waals surface area contributed by atoms with Crippen molar-refractivity contribution in [1.29, 1.82) is 0 Å². The maximum atomic E-state index is 13.3. The maximum Gasteiger partial charge on any atom is 0.228 e. The fraction of sp³-hybridized carbons (Fsp3) is 0.355. The number of carbonyl (C=O) groups is 1. The Labute approximate surface area is 219 Å². The van der Waals surface area contributed by atoms with Crippen molar-refractivity contribution in [1.82, 2.24) is 14.5 Å². The molecule has 0 aliphatic carbocycles. The second kappa shape index (κ2) is 11.2. The summed E-state index contributed by atoms with van der Waals surface area (Å²) in [6.07, 6.45) is 1.91. The summed E-state index contributed by atoms with van der Waals surface area (Å²) < 4.78 is 7.63. The van der Waals surface area contributed by atoms with Gasteiger partial charge in [0, 0.05) is 18.8 Å². The SMILES string of the molecule is COc1ccc(Cn2c(CN3CCC[C@H](C(=O)Nc4ccccc4C(C)C)C3)nc3ccccc32)cc1. The van der Waals surface area contributed by atoms with E-state index < -0.39 is 0 Å². The van der Waals surface area contributed by atoms with Gasteiger partial charge in [-0.05, 0) is 66.8 Å². The predicted molar refractivity (Wildman–Crippen MR) is 149 cm³/mol. The third-order valence-corrected chi connectivity index (χ3v) is 7.32. The predicted octanol–water partition coefficient (Wildman–Crippen LogP) is 6.07. The summed E-state index contributed by atoms with van der Waals surface area (Å²) in [6.45, 7) is 7.48. The molecule has 1 aromatic heterocycles. The van der Waals surface area contributed by atoms with E-state index in [4.69, 9.17) is 9.72 Å². The minimum absolute atomic E-state index is 0.0339. The average Bonchev–Trinajstić information content (AvgIpc) is 3.26. The van der Waals surface area contributed by atoms with E-state index >= 15 is 0 Å². The zero-order valence-corrected chi connectivity index (χ0v) is 22.0. The first kappa shape index (κ1) is 25.0. The molecule has 2 heterocycles. The van der Waals surface area contributed by atoms with E-state index in [1.165, 1.54) is 11.1 Å². The van der Waals surface area contributed by atoms with Crippen molar-refractivity contribution < 1.29 is 9.53 Å². The van der Waals surface area contributed by atoms with Crippen molar-refractivity contribution in [2.24, 2.45) is 5.92 Å². The van der Waals surface area contributed by atoms with Gasteiger partial charge in [0.2, 0.25) is 5.91 Å². The summed E-state index contributed by atoms with van der Waals surface area (Å²) in [4.78, 5) is 20.7. The van der Waals surface area contributed by atoms with Gasteiger partial charge in [0.1, 0.15) is 11.6 Å². The summed E-state index contributed by atoms with van der Waals surface area (Å²) in [5, 5.41) is 3.22. The molecule has 1 aliphatic rings. The van der Waals surface area contributed by atoms with Crippen molar-refractivity contribution in [3.63, 3.8) is 0 Å². The van der Waals surface area contributed by atoms with E-state index in [0.29, 0.717) is 5.92 Å². The molecule has 0 radical (unpaired) electrons. The Balaban J connectivity index is 1.32. The molecule has 5 rings (SSSR count). The second-order valence-electron chi connectivity index (χ2n) is 10.3. The molecule has 1 aliphatic heterocycles. The summed E-state index contributed by atoms with van der Waals surface area (Å²) in [7, 11) is 1.69. The lowest BCUT2D eigenvalue weighted by Crippen LogP contribution is -2.40. The molecule has 0 saturated carbocycles. The monoisotopic (exact) mass is 496 g/mol. The number of carbonyl (C=O) groups excluding carboxylic acids is 1. The van der Waals surface area contributed by atoms with Crippen LogP contribution < -0.4 is 10.1 Å². The van der Waals surface area contributed by atoms with Crippen LogP contribution in [0.15, 0.2) is 72.8 Å². The number of fused-ring (bicyclic) bond motifs is 1. The Hall–Kier alpha value is -3.64.